The number of nitrogens with zero attached hydrogens (tertiary/aromatic N) is 3. The van der Waals surface area contributed by atoms with Crippen molar-refractivity contribution in [3.63, 3.8) is 0 Å². The van der Waals surface area contributed by atoms with Crippen molar-refractivity contribution in [2.24, 2.45) is 5.92 Å². The lowest BCUT2D eigenvalue weighted by Crippen LogP contribution is -2.40. The molecule has 0 unspecified atom stereocenters. The van der Waals surface area contributed by atoms with E-state index in [9.17, 15) is 4.79 Å². The van der Waals surface area contributed by atoms with E-state index >= 15 is 0 Å². The molecule has 1 N–H and O–H groups in total. The van der Waals surface area contributed by atoms with Crippen molar-refractivity contribution in [1.82, 2.24) is 20.4 Å². The van der Waals surface area contributed by atoms with Crippen LogP contribution < -0.4 is 5.32 Å². The van der Waals surface area contributed by atoms with E-state index in [4.69, 9.17) is 4.52 Å². The topological polar surface area (TPSA) is 71.3 Å². The Morgan fingerprint density at radius 2 is 2.08 bits per heavy atom. The highest BCUT2D eigenvalue weighted by Crippen LogP contribution is 2.29. The number of hydrogen-bond donors (Lipinski definition) is 1. The van der Waals surface area contributed by atoms with E-state index in [2.05, 4.69) is 29.3 Å². The van der Waals surface area contributed by atoms with Gasteiger partial charge in [0.25, 0.3) is 11.6 Å². The van der Waals surface area contributed by atoms with E-state index in [-0.39, 0.29) is 24.2 Å². The third-order valence-corrected chi connectivity index (χ3v) is 4.77. The van der Waals surface area contributed by atoms with Gasteiger partial charge in [0, 0.05) is 18.8 Å². The molecule has 25 heavy (non-hydrogen) atoms. The van der Waals surface area contributed by atoms with Crippen molar-refractivity contribution in [2.45, 2.75) is 39.5 Å². The third-order valence-electron chi connectivity index (χ3n) is 4.77. The molecule has 1 aliphatic rings. The van der Waals surface area contributed by atoms with Gasteiger partial charge in [-0.05, 0) is 51.3 Å². The number of likely N-dealkylation sites (tertiary alicyclic amines) is 1. The molecule has 0 atom stereocenters. The molecular weight excluding hydrogens is 340 g/mol. The van der Waals surface area contributed by atoms with E-state index in [1.165, 1.54) is 0 Å². The van der Waals surface area contributed by atoms with Crippen molar-refractivity contribution < 1.29 is 9.32 Å². The molecule has 7 heteroatoms. The number of aromatic nitrogens is 2. The lowest BCUT2D eigenvalue weighted by Gasteiger charge is -2.32. The first-order valence-corrected chi connectivity index (χ1v) is 8.72. The minimum absolute atomic E-state index is 0. The zero-order valence-electron chi connectivity index (χ0n) is 15.3. The summed E-state index contributed by atoms with van der Waals surface area (Å²) >= 11 is 0. The second-order valence-corrected chi connectivity index (χ2v) is 7.01. The van der Waals surface area contributed by atoms with Gasteiger partial charge in [-0.25, -0.2) is 4.98 Å². The van der Waals surface area contributed by atoms with Gasteiger partial charge in [-0.1, -0.05) is 19.0 Å². The van der Waals surface area contributed by atoms with Gasteiger partial charge in [-0.2, -0.15) is 0 Å². The Kier molecular flexibility index (Phi) is 6.41. The fourth-order valence-electron chi connectivity index (χ4n) is 3.46. The fourth-order valence-corrected chi connectivity index (χ4v) is 3.46. The molecule has 1 amide bonds. The molecule has 1 aliphatic heterocycles. The van der Waals surface area contributed by atoms with Crippen molar-refractivity contribution in [1.29, 1.82) is 0 Å². The van der Waals surface area contributed by atoms with Gasteiger partial charge in [0.15, 0.2) is 0 Å². The van der Waals surface area contributed by atoms with Gasteiger partial charge in [0.1, 0.15) is 0 Å². The molecule has 0 spiro atoms. The van der Waals surface area contributed by atoms with Crippen molar-refractivity contribution in [3.05, 3.63) is 23.0 Å². The zero-order chi connectivity index (χ0) is 17.3. The van der Waals surface area contributed by atoms with E-state index in [0.717, 1.165) is 49.2 Å². The number of rotatable bonds is 4. The van der Waals surface area contributed by atoms with Gasteiger partial charge in [-0.3, -0.25) is 4.79 Å². The quantitative estimate of drug-likeness (QED) is 0.899. The Bertz CT molecular complexity index is 736. The smallest absolute Gasteiger partial charge is 0.259 e. The number of carbonyl (C=O) groups is 1. The monoisotopic (exact) mass is 366 g/mol. The molecule has 0 radical (unpaired) electrons. The standard InChI is InChI=1S/C18H26N4O2.ClH/c1-11(2)16-15-14(9-12(3)20-17(15)24-21-16)18(23)22-7-5-13(6-8-22)10-19-4;/h9,11,13,19H,5-8,10H2,1-4H3;1H. The normalized spacial score (nSPS) is 15.6. The summed E-state index contributed by atoms with van der Waals surface area (Å²) in [5, 5.41) is 8.15. The predicted molar refractivity (Wildman–Crippen MR) is 100 cm³/mol. The van der Waals surface area contributed by atoms with Gasteiger partial charge < -0.3 is 14.7 Å². The fraction of sp³-hybridized carbons (Fsp3) is 0.611. The number of amides is 1. The molecule has 2 aromatic rings. The molecule has 1 fully saturated rings. The Labute approximate surface area is 154 Å². The van der Waals surface area contributed by atoms with Crippen LogP contribution in [0.4, 0.5) is 0 Å². The number of halogens is 1. The average molecular weight is 367 g/mol. The van der Waals surface area contributed by atoms with Gasteiger partial charge in [-0.15, -0.1) is 12.4 Å². The van der Waals surface area contributed by atoms with Crippen LogP contribution >= 0.6 is 12.4 Å². The van der Waals surface area contributed by atoms with Gasteiger partial charge in [0.2, 0.25) is 0 Å². The van der Waals surface area contributed by atoms with Gasteiger partial charge >= 0.3 is 0 Å². The maximum Gasteiger partial charge on any atom is 0.259 e. The highest BCUT2D eigenvalue weighted by molar-refractivity contribution is 6.06. The van der Waals surface area contributed by atoms with Crippen LogP contribution in [-0.2, 0) is 0 Å². The summed E-state index contributed by atoms with van der Waals surface area (Å²) in [5.74, 6) is 0.905. The van der Waals surface area contributed by atoms with Crippen molar-refractivity contribution in [2.75, 3.05) is 26.7 Å². The lowest BCUT2D eigenvalue weighted by molar-refractivity contribution is 0.0692. The Morgan fingerprint density at radius 1 is 1.40 bits per heavy atom. The number of piperidine rings is 1. The number of pyridine rings is 1. The molecule has 138 valence electrons. The van der Waals surface area contributed by atoms with E-state index in [0.29, 0.717) is 17.2 Å². The highest BCUT2D eigenvalue weighted by Gasteiger charge is 2.27. The summed E-state index contributed by atoms with van der Waals surface area (Å²) in [6, 6.07) is 1.87. The van der Waals surface area contributed by atoms with Crippen LogP contribution in [0.3, 0.4) is 0 Å². The molecule has 0 aromatic carbocycles. The van der Waals surface area contributed by atoms with E-state index in [1.807, 2.05) is 24.9 Å². The molecule has 0 bridgehead atoms. The maximum atomic E-state index is 13.1. The number of carbonyl (C=O) groups excluding carboxylic acids is 1. The molecule has 0 aliphatic carbocycles. The number of nitrogens with one attached hydrogen (secondary N) is 1. The number of fused-ring (bicyclic) bond motifs is 1. The Morgan fingerprint density at radius 3 is 2.68 bits per heavy atom. The predicted octanol–water partition coefficient (Wildman–Crippen LogP) is 3.15. The van der Waals surface area contributed by atoms with Crippen LogP contribution in [0.1, 0.15) is 54.4 Å². The van der Waals surface area contributed by atoms with Crippen LogP contribution in [-0.4, -0.2) is 47.6 Å². The third kappa shape index (κ3) is 3.96. The summed E-state index contributed by atoms with van der Waals surface area (Å²) in [5.41, 5.74) is 2.73. The molecule has 0 saturated carbocycles. The zero-order valence-corrected chi connectivity index (χ0v) is 16.2. The summed E-state index contributed by atoms with van der Waals surface area (Å²) in [6.07, 6.45) is 2.08. The minimum atomic E-state index is 0. The van der Waals surface area contributed by atoms with Crippen LogP contribution in [0, 0.1) is 12.8 Å². The van der Waals surface area contributed by atoms with Gasteiger partial charge in [0.05, 0.1) is 16.6 Å². The second-order valence-electron chi connectivity index (χ2n) is 7.01. The largest absolute Gasteiger partial charge is 0.339 e. The highest BCUT2D eigenvalue weighted by atomic mass is 35.5. The Balaban J connectivity index is 0.00000225. The first-order chi connectivity index (χ1) is 11.5. The van der Waals surface area contributed by atoms with Crippen molar-refractivity contribution >= 4 is 29.4 Å². The summed E-state index contributed by atoms with van der Waals surface area (Å²) < 4.78 is 5.38. The van der Waals surface area contributed by atoms with Crippen molar-refractivity contribution in [3.8, 4) is 0 Å². The van der Waals surface area contributed by atoms with Crippen LogP contribution in [0.5, 0.6) is 0 Å². The van der Waals surface area contributed by atoms with Crippen LogP contribution in [0.15, 0.2) is 10.6 Å². The van der Waals surface area contributed by atoms with E-state index in [1.54, 1.807) is 0 Å². The Hall–Kier alpha value is -1.66. The average Bonchev–Trinajstić information content (AvgIpc) is 2.98. The number of aryl methyl sites for hydroxylation is 1. The second kappa shape index (κ2) is 8.15. The molecule has 3 heterocycles. The minimum Gasteiger partial charge on any atom is -0.339 e. The van der Waals surface area contributed by atoms with Crippen LogP contribution in [0.2, 0.25) is 0 Å². The molecule has 2 aromatic heterocycles. The first kappa shape index (κ1) is 19.7. The SMILES string of the molecule is CNCC1CCN(C(=O)c2cc(C)nc3onc(C(C)C)c23)CC1.Cl. The molecular formula is C18H27ClN4O2. The lowest BCUT2D eigenvalue weighted by atomic mass is 9.95. The summed E-state index contributed by atoms with van der Waals surface area (Å²) in [6.45, 7) is 8.60. The maximum absolute atomic E-state index is 13.1. The molecule has 3 rings (SSSR count). The number of hydrogen-bond acceptors (Lipinski definition) is 5. The molecule has 6 nitrogen and oxygen atoms in total. The summed E-state index contributed by atoms with van der Waals surface area (Å²) in [4.78, 5) is 19.5. The molecule has 1 saturated heterocycles. The van der Waals surface area contributed by atoms with Crippen LogP contribution in [0.25, 0.3) is 11.1 Å². The first-order valence-electron chi connectivity index (χ1n) is 8.72. The van der Waals surface area contributed by atoms with E-state index < -0.39 is 0 Å². The summed E-state index contributed by atoms with van der Waals surface area (Å²) in [7, 11) is 1.98.